The van der Waals surface area contributed by atoms with E-state index in [-0.39, 0.29) is 0 Å². The SMILES string of the molecule is [CH2]C(O)(O)C(C)(C)O. The van der Waals surface area contributed by atoms with E-state index in [1.165, 1.54) is 13.8 Å². The molecule has 0 bridgehead atoms. The minimum atomic E-state index is -2.26. The molecule has 0 unspecified atom stereocenters. The van der Waals surface area contributed by atoms with Crippen molar-refractivity contribution < 1.29 is 15.3 Å². The second kappa shape index (κ2) is 1.69. The maximum Gasteiger partial charge on any atom is 0.191 e. The standard InChI is InChI=1S/C5H11O3/c1-4(2,6)5(3,7)8/h6-8H,3H2,1-2H3. The minimum Gasteiger partial charge on any atom is -0.385 e. The van der Waals surface area contributed by atoms with Crippen molar-refractivity contribution in [2.45, 2.75) is 25.2 Å². The minimum absolute atomic E-state index is 1.26. The molecule has 0 aromatic rings. The molecule has 3 N–H and O–H groups in total. The molecule has 0 spiro atoms. The van der Waals surface area contributed by atoms with E-state index in [4.69, 9.17) is 15.3 Å². The summed E-state index contributed by atoms with van der Waals surface area (Å²) in [6.07, 6.45) is 0. The molecule has 0 fully saturated rings. The van der Waals surface area contributed by atoms with Crippen LogP contribution in [0.4, 0.5) is 0 Å². The van der Waals surface area contributed by atoms with Gasteiger partial charge < -0.3 is 15.3 Å². The Kier molecular flexibility index (Phi) is 1.66. The molecular formula is C5H11O3. The number of aliphatic hydroxyl groups is 3. The van der Waals surface area contributed by atoms with Gasteiger partial charge >= 0.3 is 0 Å². The Morgan fingerprint density at radius 3 is 1.25 bits per heavy atom. The molecule has 0 saturated carbocycles. The molecule has 1 radical (unpaired) electrons. The first-order valence-corrected chi connectivity index (χ1v) is 2.27. The maximum absolute atomic E-state index is 8.79. The summed E-state index contributed by atoms with van der Waals surface area (Å²) in [7, 11) is 0. The van der Waals surface area contributed by atoms with Crippen molar-refractivity contribution in [3.05, 3.63) is 6.92 Å². The van der Waals surface area contributed by atoms with Crippen LogP contribution in [0.3, 0.4) is 0 Å². The molecule has 0 aromatic heterocycles. The highest BCUT2D eigenvalue weighted by Gasteiger charge is 2.34. The lowest BCUT2D eigenvalue weighted by molar-refractivity contribution is -0.230. The average Bonchev–Trinajstić information content (AvgIpc) is 1.25. The Bertz CT molecular complexity index is 62.7. The third-order valence-corrected chi connectivity index (χ3v) is 0.980. The quantitative estimate of drug-likeness (QED) is 0.399. The van der Waals surface area contributed by atoms with Gasteiger partial charge in [-0.3, -0.25) is 0 Å². The van der Waals surface area contributed by atoms with Crippen LogP contribution < -0.4 is 0 Å². The number of hydrogen-bond donors (Lipinski definition) is 3. The molecule has 0 atom stereocenters. The van der Waals surface area contributed by atoms with Crippen molar-refractivity contribution in [1.29, 1.82) is 0 Å². The van der Waals surface area contributed by atoms with Crippen molar-refractivity contribution in [3.8, 4) is 0 Å². The van der Waals surface area contributed by atoms with Gasteiger partial charge in [0.15, 0.2) is 5.79 Å². The van der Waals surface area contributed by atoms with Crippen LogP contribution >= 0.6 is 0 Å². The summed E-state index contributed by atoms with van der Waals surface area (Å²) in [4.78, 5) is 0. The summed E-state index contributed by atoms with van der Waals surface area (Å²) in [5.41, 5.74) is -1.56. The summed E-state index contributed by atoms with van der Waals surface area (Å²) in [5.74, 6) is -2.26. The van der Waals surface area contributed by atoms with Crippen LogP contribution in [0.5, 0.6) is 0 Å². The van der Waals surface area contributed by atoms with Crippen LogP contribution in [-0.4, -0.2) is 26.7 Å². The third-order valence-electron chi connectivity index (χ3n) is 0.980. The van der Waals surface area contributed by atoms with Gasteiger partial charge in [0.25, 0.3) is 0 Å². The van der Waals surface area contributed by atoms with Crippen LogP contribution in [0.25, 0.3) is 0 Å². The van der Waals surface area contributed by atoms with Gasteiger partial charge in [-0.1, -0.05) is 0 Å². The molecule has 0 aliphatic carbocycles. The monoisotopic (exact) mass is 119 g/mol. The Morgan fingerprint density at radius 1 is 1.12 bits per heavy atom. The van der Waals surface area contributed by atoms with E-state index in [1.54, 1.807) is 0 Å². The topological polar surface area (TPSA) is 60.7 Å². The second-order valence-electron chi connectivity index (χ2n) is 2.38. The fraction of sp³-hybridized carbons (Fsp3) is 0.800. The molecule has 0 aliphatic rings. The molecule has 8 heavy (non-hydrogen) atoms. The van der Waals surface area contributed by atoms with Gasteiger partial charge in [-0.15, -0.1) is 0 Å². The second-order valence-corrected chi connectivity index (χ2v) is 2.38. The van der Waals surface area contributed by atoms with E-state index >= 15 is 0 Å². The highest BCUT2D eigenvalue weighted by molar-refractivity contribution is 4.85. The van der Waals surface area contributed by atoms with Crippen LogP contribution in [0.15, 0.2) is 0 Å². The molecule has 0 heterocycles. The Hall–Kier alpha value is -0.120. The molecule has 0 aliphatic heterocycles. The fourth-order valence-electron chi connectivity index (χ4n) is 0. The lowest BCUT2D eigenvalue weighted by Gasteiger charge is -2.29. The van der Waals surface area contributed by atoms with E-state index < -0.39 is 11.4 Å². The lowest BCUT2D eigenvalue weighted by atomic mass is 10.0. The molecule has 0 rings (SSSR count). The van der Waals surface area contributed by atoms with Crippen molar-refractivity contribution in [1.82, 2.24) is 0 Å². The maximum atomic E-state index is 8.79. The van der Waals surface area contributed by atoms with Crippen LogP contribution in [0.1, 0.15) is 13.8 Å². The largest absolute Gasteiger partial charge is 0.385 e. The highest BCUT2D eigenvalue weighted by Crippen LogP contribution is 2.15. The van der Waals surface area contributed by atoms with E-state index in [0.29, 0.717) is 0 Å². The molecular weight excluding hydrogens is 108 g/mol. The van der Waals surface area contributed by atoms with E-state index in [0.717, 1.165) is 0 Å². The van der Waals surface area contributed by atoms with Crippen molar-refractivity contribution in [2.75, 3.05) is 0 Å². The van der Waals surface area contributed by atoms with Gasteiger partial charge in [0.1, 0.15) is 5.60 Å². The van der Waals surface area contributed by atoms with Crippen LogP contribution in [0, 0.1) is 6.92 Å². The molecule has 0 aromatic carbocycles. The third kappa shape index (κ3) is 1.78. The normalized spacial score (nSPS) is 14.2. The van der Waals surface area contributed by atoms with Gasteiger partial charge in [-0.25, -0.2) is 0 Å². The summed E-state index contributed by atoms with van der Waals surface area (Å²) >= 11 is 0. The lowest BCUT2D eigenvalue weighted by Crippen LogP contribution is -2.47. The first-order valence-electron chi connectivity index (χ1n) is 2.27. The summed E-state index contributed by atoms with van der Waals surface area (Å²) in [6.45, 7) is 5.43. The highest BCUT2D eigenvalue weighted by atomic mass is 16.5. The van der Waals surface area contributed by atoms with Crippen molar-refractivity contribution >= 4 is 0 Å². The van der Waals surface area contributed by atoms with Crippen LogP contribution in [-0.2, 0) is 0 Å². The van der Waals surface area contributed by atoms with Gasteiger partial charge in [0.2, 0.25) is 0 Å². The summed E-state index contributed by atoms with van der Waals surface area (Å²) in [6, 6.07) is 0. The fourth-order valence-corrected chi connectivity index (χ4v) is 0. The summed E-state index contributed by atoms with van der Waals surface area (Å²) in [5, 5.41) is 25.9. The van der Waals surface area contributed by atoms with Gasteiger partial charge in [-0.2, -0.15) is 0 Å². The molecule has 0 amide bonds. The van der Waals surface area contributed by atoms with E-state index in [2.05, 4.69) is 6.92 Å². The van der Waals surface area contributed by atoms with E-state index in [1.807, 2.05) is 0 Å². The zero-order valence-electron chi connectivity index (χ0n) is 5.05. The number of rotatable bonds is 1. The predicted octanol–water partition coefficient (Wildman–Crippen LogP) is -0.728. The Morgan fingerprint density at radius 2 is 1.25 bits per heavy atom. The molecule has 3 nitrogen and oxygen atoms in total. The van der Waals surface area contributed by atoms with Crippen molar-refractivity contribution in [2.24, 2.45) is 0 Å². The summed E-state index contributed by atoms with van der Waals surface area (Å²) < 4.78 is 0. The van der Waals surface area contributed by atoms with Gasteiger partial charge in [-0.05, 0) is 13.8 Å². The van der Waals surface area contributed by atoms with E-state index in [9.17, 15) is 0 Å². The smallest absolute Gasteiger partial charge is 0.191 e. The van der Waals surface area contributed by atoms with Gasteiger partial charge in [0.05, 0.1) is 0 Å². The van der Waals surface area contributed by atoms with Crippen LogP contribution in [0.2, 0.25) is 0 Å². The predicted molar refractivity (Wildman–Crippen MR) is 28.8 cm³/mol. The van der Waals surface area contributed by atoms with Crippen molar-refractivity contribution in [3.63, 3.8) is 0 Å². The Balaban J connectivity index is 4.02. The average molecular weight is 119 g/mol. The zero-order valence-corrected chi connectivity index (χ0v) is 5.05. The first kappa shape index (κ1) is 7.88. The molecule has 0 saturated heterocycles. The first-order chi connectivity index (χ1) is 3.25. The van der Waals surface area contributed by atoms with Gasteiger partial charge in [0, 0.05) is 6.92 Å². The molecule has 3 heteroatoms. The number of hydrogen-bond acceptors (Lipinski definition) is 3. The molecule has 49 valence electrons. The zero-order chi connectivity index (χ0) is 7.00. The Labute approximate surface area is 48.6 Å².